The monoisotopic (exact) mass is 316 g/mol. The normalized spacial score (nSPS) is 10.6. The van der Waals surface area contributed by atoms with Crippen LogP contribution >= 0.6 is 11.6 Å². The second-order valence-electron chi connectivity index (χ2n) is 4.65. The Morgan fingerprint density at radius 1 is 1.18 bits per heavy atom. The molecule has 0 spiro atoms. The fourth-order valence-electron chi connectivity index (χ4n) is 2.16. The first-order valence-corrected chi connectivity index (χ1v) is 6.77. The minimum absolute atomic E-state index is 0.0414. The van der Waals surface area contributed by atoms with E-state index in [1.54, 1.807) is 30.3 Å². The zero-order chi connectivity index (χ0) is 15.7. The van der Waals surface area contributed by atoms with Crippen molar-refractivity contribution in [2.24, 2.45) is 0 Å². The summed E-state index contributed by atoms with van der Waals surface area (Å²) in [5.41, 5.74) is 2.28. The maximum absolute atomic E-state index is 13.5. The number of halogens is 2. The summed E-state index contributed by atoms with van der Waals surface area (Å²) in [6.45, 7) is 0. The molecule has 4 nitrogen and oxygen atoms in total. The van der Waals surface area contributed by atoms with E-state index in [0.29, 0.717) is 22.5 Å². The number of aromatic carboxylic acids is 1. The van der Waals surface area contributed by atoms with E-state index in [2.05, 4.69) is 10.2 Å². The zero-order valence-corrected chi connectivity index (χ0v) is 11.9. The molecule has 0 aliphatic heterocycles. The Bertz CT molecular complexity index is 861. The summed E-state index contributed by atoms with van der Waals surface area (Å²) in [7, 11) is 0. The number of H-pyrrole nitrogens is 1. The molecule has 0 unspecified atom stereocenters. The van der Waals surface area contributed by atoms with Gasteiger partial charge in [-0.2, -0.15) is 5.10 Å². The van der Waals surface area contributed by atoms with Crippen LogP contribution in [0.4, 0.5) is 4.39 Å². The van der Waals surface area contributed by atoms with Crippen molar-refractivity contribution in [3.63, 3.8) is 0 Å². The molecular weight excluding hydrogens is 307 g/mol. The van der Waals surface area contributed by atoms with Crippen molar-refractivity contribution < 1.29 is 14.3 Å². The van der Waals surface area contributed by atoms with Crippen molar-refractivity contribution in [2.75, 3.05) is 0 Å². The third-order valence-corrected chi connectivity index (χ3v) is 3.55. The Balaban J connectivity index is 2.04. The molecule has 3 aromatic rings. The number of nitrogens with one attached hydrogen (secondary N) is 1. The van der Waals surface area contributed by atoms with Crippen LogP contribution in [0.2, 0.25) is 5.02 Å². The fraction of sp³-hybridized carbons (Fsp3) is 0. The summed E-state index contributed by atoms with van der Waals surface area (Å²) in [5, 5.41) is 16.2. The lowest BCUT2D eigenvalue weighted by Gasteiger charge is -2.01. The van der Waals surface area contributed by atoms with Crippen LogP contribution in [0.5, 0.6) is 0 Å². The smallest absolute Gasteiger partial charge is 0.336 e. The van der Waals surface area contributed by atoms with Crippen LogP contribution in [-0.4, -0.2) is 21.3 Å². The molecule has 0 saturated heterocycles. The van der Waals surface area contributed by atoms with Gasteiger partial charge in [-0.05, 0) is 24.3 Å². The number of hydrogen-bond donors (Lipinski definition) is 2. The van der Waals surface area contributed by atoms with Gasteiger partial charge in [-0.1, -0.05) is 35.9 Å². The Hall–Kier alpha value is -2.66. The molecule has 0 radical (unpaired) electrons. The summed E-state index contributed by atoms with van der Waals surface area (Å²) in [5.74, 6) is -1.56. The number of benzene rings is 2. The molecule has 0 saturated carbocycles. The Kier molecular flexibility index (Phi) is 3.65. The predicted molar refractivity (Wildman–Crippen MR) is 81.4 cm³/mol. The third kappa shape index (κ3) is 2.58. The van der Waals surface area contributed by atoms with E-state index in [1.165, 1.54) is 18.2 Å². The van der Waals surface area contributed by atoms with E-state index in [0.717, 1.165) is 0 Å². The maximum Gasteiger partial charge on any atom is 0.336 e. The molecule has 2 N–H and O–H groups in total. The van der Waals surface area contributed by atoms with Gasteiger partial charge in [-0.25, -0.2) is 9.18 Å². The Labute approximate surface area is 130 Å². The minimum Gasteiger partial charge on any atom is -0.478 e. The van der Waals surface area contributed by atoms with Gasteiger partial charge in [-0.15, -0.1) is 0 Å². The first-order valence-electron chi connectivity index (χ1n) is 6.40. The molecular formula is C16H10ClFN2O2. The number of carboxylic acid groups (broad SMARTS) is 1. The zero-order valence-electron chi connectivity index (χ0n) is 11.2. The highest BCUT2D eigenvalue weighted by atomic mass is 35.5. The van der Waals surface area contributed by atoms with E-state index < -0.39 is 11.8 Å². The minimum atomic E-state index is -1.03. The van der Waals surface area contributed by atoms with Gasteiger partial charge >= 0.3 is 5.97 Å². The number of carbonyl (C=O) groups is 1. The largest absolute Gasteiger partial charge is 0.478 e. The van der Waals surface area contributed by atoms with Crippen LogP contribution in [0.1, 0.15) is 10.4 Å². The summed E-state index contributed by atoms with van der Waals surface area (Å²) >= 11 is 5.66. The molecule has 0 amide bonds. The summed E-state index contributed by atoms with van der Waals surface area (Å²) < 4.78 is 13.5. The number of nitrogens with zero attached hydrogens (tertiary/aromatic N) is 1. The van der Waals surface area contributed by atoms with Gasteiger partial charge in [0.25, 0.3) is 0 Å². The predicted octanol–water partition coefficient (Wildman–Crippen LogP) is 4.23. The number of rotatable bonds is 3. The molecule has 110 valence electrons. The lowest BCUT2D eigenvalue weighted by molar-refractivity contribution is 0.0697. The van der Waals surface area contributed by atoms with E-state index in [-0.39, 0.29) is 10.6 Å². The molecule has 3 rings (SSSR count). The number of aromatic amines is 1. The molecule has 0 aliphatic rings. The van der Waals surface area contributed by atoms with Crippen LogP contribution in [0.25, 0.3) is 22.5 Å². The van der Waals surface area contributed by atoms with E-state index in [1.807, 2.05) is 0 Å². The van der Waals surface area contributed by atoms with Crippen LogP contribution in [0.15, 0.2) is 48.5 Å². The topological polar surface area (TPSA) is 66.0 Å². The summed E-state index contributed by atoms with van der Waals surface area (Å²) in [6, 6.07) is 12.6. The number of aromatic nitrogens is 2. The quantitative estimate of drug-likeness (QED) is 0.759. The first-order chi connectivity index (χ1) is 10.6. The second-order valence-corrected chi connectivity index (χ2v) is 5.05. The summed E-state index contributed by atoms with van der Waals surface area (Å²) in [4.78, 5) is 11.3. The molecule has 1 heterocycles. The van der Waals surface area contributed by atoms with Crippen LogP contribution in [0.3, 0.4) is 0 Å². The number of carboxylic acids is 1. The molecule has 6 heteroatoms. The van der Waals surface area contributed by atoms with Crippen LogP contribution < -0.4 is 0 Å². The van der Waals surface area contributed by atoms with Crippen molar-refractivity contribution in [3.8, 4) is 22.5 Å². The highest BCUT2D eigenvalue weighted by molar-refractivity contribution is 6.30. The van der Waals surface area contributed by atoms with Gasteiger partial charge in [0.05, 0.1) is 22.0 Å². The van der Waals surface area contributed by atoms with E-state index >= 15 is 0 Å². The van der Waals surface area contributed by atoms with Crippen LogP contribution in [0, 0.1) is 5.82 Å². The molecule has 22 heavy (non-hydrogen) atoms. The fourth-order valence-corrected chi connectivity index (χ4v) is 2.28. The SMILES string of the molecule is O=C(O)c1ccccc1-c1cc(-c2ccc(Cl)c(F)c2)[nH]n1. The maximum atomic E-state index is 13.5. The Morgan fingerprint density at radius 2 is 1.95 bits per heavy atom. The summed E-state index contributed by atoms with van der Waals surface area (Å²) in [6.07, 6.45) is 0. The third-order valence-electron chi connectivity index (χ3n) is 3.24. The molecule has 0 bridgehead atoms. The van der Waals surface area contributed by atoms with Gasteiger partial charge in [-0.3, -0.25) is 5.10 Å². The lowest BCUT2D eigenvalue weighted by Crippen LogP contribution is -1.98. The molecule has 1 aromatic heterocycles. The van der Waals surface area contributed by atoms with Crippen molar-refractivity contribution >= 4 is 17.6 Å². The lowest BCUT2D eigenvalue weighted by atomic mass is 10.0. The van der Waals surface area contributed by atoms with Crippen molar-refractivity contribution in [2.45, 2.75) is 0 Å². The Morgan fingerprint density at radius 3 is 2.68 bits per heavy atom. The average molecular weight is 317 g/mol. The van der Waals surface area contributed by atoms with E-state index in [9.17, 15) is 14.3 Å². The van der Waals surface area contributed by atoms with Gasteiger partial charge in [0.15, 0.2) is 0 Å². The highest BCUT2D eigenvalue weighted by Crippen LogP contribution is 2.28. The molecule has 0 aliphatic carbocycles. The second kappa shape index (κ2) is 5.61. The molecule has 0 atom stereocenters. The van der Waals surface area contributed by atoms with Crippen molar-refractivity contribution in [1.29, 1.82) is 0 Å². The van der Waals surface area contributed by atoms with E-state index in [4.69, 9.17) is 11.6 Å². The van der Waals surface area contributed by atoms with Gasteiger partial charge < -0.3 is 5.11 Å². The molecule has 2 aromatic carbocycles. The van der Waals surface area contributed by atoms with Crippen LogP contribution in [-0.2, 0) is 0 Å². The van der Waals surface area contributed by atoms with Crippen molar-refractivity contribution in [3.05, 3.63) is 64.9 Å². The van der Waals surface area contributed by atoms with Gasteiger partial charge in [0.2, 0.25) is 0 Å². The molecule has 0 fully saturated rings. The average Bonchev–Trinajstić information content (AvgIpc) is 3.00. The number of hydrogen-bond acceptors (Lipinski definition) is 2. The standard InChI is InChI=1S/C16H10ClFN2O2/c17-12-6-5-9(7-13(12)18)14-8-15(20-19-14)10-3-1-2-4-11(10)16(21)22/h1-8H,(H,19,20)(H,21,22). The first kappa shape index (κ1) is 14.3. The van der Waals surface area contributed by atoms with Crippen molar-refractivity contribution in [1.82, 2.24) is 10.2 Å². The highest BCUT2D eigenvalue weighted by Gasteiger charge is 2.14. The van der Waals surface area contributed by atoms with Gasteiger partial charge in [0, 0.05) is 11.1 Å². The van der Waals surface area contributed by atoms with Gasteiger partial charge in [0.1, 0.15) is 5.82 Å².